The first kappa shape index (κ1) is 13.7. The lowest BCUT2D eigenvalue weighted by atomic mass is 10.2. The second-order valence-corrected chi connectivity index (χ2v) is 4.15. The van der Waals surface area contributed by atoms with E-state index in [0.29, 0.717) is 0 Å². The van der Waals surface area contributed by atoms with Crippen molar-refractivity contribution in [1.29, 1.82) is 0 Å². The SMILES string of the molecule is NCc1cc(F)c(Oc2cccc(Cl)c2F)c(F)c1. The standard InChI is InChI=1S/C13H9ClF3NO/c14-8-2-1-3-11(12(8)17)19-13-9(15)4-7(6-18)5-10(13)16/h1-5H,6,18H2. The minimum atomic E-state index is -0.958. The average Bonchev–Trinajstić information content (AvgIpc) is 2.38. The Bertz CT molecular complexity index is 596. The fourth-order valence-corrected chi connectivity index (χ4v) is 1.67. The molecule has 0 saturated carbocycles. The summed E-state index contributed by atoms with van der Waals surface area (Å²) in [6.07, 6.45) is 0. The predicted molar refractivity (Wildman–Crippen MR) is 65.7 cm³/mol. The van der Waals surface area contributed by atoms with E-state index in [0.717, 1.165) is 12.1 Å². The van der Waals surface area contributed by atoms with Gasteiger partial charge in [0.25, 0.3) is 0 Å². The van der Waals surface area contributed by atoms with Gasteiger partial charge in [-0.25, -0.2) is 13.2 Å². The van der Waals surface area contributed by atoms with Gasteiger partial charge in [0.2, 0.25) is 0 Å². The van der Waals surface area contributed by atoms with Gasteiger partial charge in [0.05, 0.1) is 5.02 Å². The van der Waals surface area contributed by atoms with E-state index in [2.05, 4.69) is 0 Å². The van der Waals surface area contributed by atoms with E-state index in [1.807, 2.05) is 0 Å². The molecule has 0 aliphatic rings. The Labute approximate surface area is 112 Å². The maximum atomic E-state index is 13.6. The van der Waals surface area contributed by atoms with Crippen molar-refractivity contribution in [2.24, 2.45) is 5.73 Å². The molecule has 0 amide bonds. The molecule has 0 radical (unpaired) electrons. The van der Waals surface area contributed by atoms with E-state index in [1.165, 1.54) is 18.2 Å². The number of ether oxygens (including phenoxy) is 1. The van der Waals surface area contributed by atoms with Crippen LogP contribution in [0.2, 0.25) is 5.02 Å². The topological polar surface area (TPSA) is 35.2 Å². The van der Waals surface area contributed by atoms with Gasteiger partial charge in [0, 0.05) is 6.54 Å². The smallest absolute Gasteiger partial charge is 0.198 e. The molecule has 2 aromatic carbocycles. The van der Waals surface area contributed by atoms with Crippen LogP contribution in [0.3, 0.4) is 0 Å². The Morgan fingerprint density at radius 2 is 1.74 bits per heavy atom. The van der Waals surface area contributed by atoms with Gasteiger partial charge in [-0.1, -0.05) is 17.7 Å². The lowest BCUT2D eigenvalue weighted by molar-refractivity contribution is 0.387. The first-order valence-electron chi connectivity index (χ1n) is 5.32. The number of benzene rings is 2. The Balaban J connectivity index is 2.41. The summed E-state index contributed by atoms with van der Waals surface area (Å²) in [5, 5.41) is -0.197. The van der Waals surface area contributed by atoms with Crippen LogP contribution in [-0.4, -0.2) is 0 Å². The molecule has 0 spiro atoms. The molecule has 2 rings (SSSR count). The third-order valence-corrected chi connectivity index (χ3v) is 2.71. The Hall–Kier alpha value is -1.72. The van der Waals surface area contributed by atoms with E-state index < -0.39 is 23.2 Å². The van der Waals surface area contributed by atoms with Crippen LogP contribution in [0.25, 0.3) is 0 Å². The van der Waals surface area contributed by atoms with Gasteiger partial charge < -0.3 is 10.5 Å². The minimum Gasteiger partial charge on any atom is -0.448 e. The zero-order valence-corrected chi connectivity index (χ0v) is 10.3. The summed E-state index contributed by atoms with van der Waals surface area (Å²) in [6.45, 7) is -0.0142. The van der Waals surface area contributed by atoms with E-state index in [1.54, 1.807) is 0 Å². The molecule has 0 saturated heterocycles. The number of rotatable bonds is 3. The van der Waals surface area contributed by atoms with Crippen LogP contribution in [0, 0.1) is 17.5 Å². The molecule has 2 nitrogen and oxygen atoms in total. The second kappa shape index (κ2) is 5.50. The van der Waals surface area contributed by atoms with Crippen LogP contribution >= 0.6 is 11.6 Å². The van der Waals surface area contributed by atoms with Crippen LogP contribution in [0.1, 0.15) is 5.56 Å². The molecule has 2 N–H and O–H groups in total. The van der Waals surface area contributed by atoms with Gasteiger partial charge in [0.15, 0.2) is 29.0 Å². The highest BCUT2D eigenvalue weighted by molar-refractivity contribution is 6.30. The molecule has 0 atom stereocenters. The molecule has 0 bridgehead atoms. The maximum absolute atomic E-state index is 13.6. The fraction of sp³-hybridized carbons (Fsp3) is 0.0769. The molecule has 0 fully saturated rings. The van der Waals surface area contributed by atoms with Gasteiger partial charge in [-0.15, -0.1) is 0 Å². The lowest BCUT2D eigenvalue weighted by Gasteiger charge is -2.10. The molecular weight excluding hydrogens is 279 g/mol. The third-order valence-electron chi connectivity index (χ3n) is 2.42. The van der Waals surface area contributed by atoms with Crippen LogP contribution in [0.4, 0.5) is 13.2 Å². The molecule has 0 unspecified atom stereocenters. The highest BCUT2D eigenvalue weighted by Gasteiger charge is 2.16. The summed E-state index contributed by atoms with van der Waals surface area (Å²) >= 11 is 5.55. The minimum absolute atomic E-state index is 0.0142. The Kier molecular flexibility index (Phi) is 3.97. The van der Waals surface area contributed by atoms with Crippen LogP contribution < -0.4 is 10.5 Å². The van der Waals surface area contributed by atoms with Crippen LogP contribution in [0.5, 0.6) is 11.5 Å². The molecule has 6 heteroatoms. The highest BCUT2D eigenvalue weighted by atomic mass is 35.5. The van der Waals surface area contributed by atoms with E-state index in [9.17, 15) is 13.2 Å². The number of hydrogen-bond acceptors (Lipinski definition) is 2. The van der Waals surface area contributed by atoms with Crippen molar-refractivity contribution in [3.8, 4) is 11.5 Å². The van der Waals surface area contributed by atoms with E-state index in [4.69, 9.17) is 22.1 Å². The number of halogens is 4. The molecule has 2 aromatic rings. The van der Waals surface area contributed by atoms with Crippen molar-refractivity contribution < 1.29 is 17.9 Å². The quantitative estimate of drug-likeness (QED) is 0.926. The Morgan fingerprint density at radius 3 is 2.32 bits per heavy atom. The van der Waals surface area contributed by atoms with Crippen molar-refractivity contribution in [3.63, 3.8) is 0 Å². The molecule has 19 heavy (non-hydrogen) atoms. The van der Waals surface area contributed by atoms with Crippen molar-refractivity contribution in [2.45, 2.75) is 6.54 Å². The molecule has 100 valence electrons. The van der Waals surface area contributed by atoms with Crippen molar-refractivity contribution in [2.75, 3.05) is 0 Å². The van der Waals surface area contributed by atoms with Gasteiger partial charge in [-0.3, -0.25) is 0 Å². The summed E-state index contributed by atoms with van der Waals surface area (Å²) in [7, 11) is 0. The van der Waals surface area contributed by atoms with Crippen molar-refractivity contribution >= 4 is 11.6 Å². The van der Waals surface area contributed by atoms with Gasteiger partial charge in [-0.2, -0.15) is 0 Å². The number of hydrogen-bond donors (Lipinski definition) is 1. The average molecular weight is 288 g/mol. The van der Waals surface area contributed by atoms with Gasteiger partial charge >= 0.3 is 0 Å². The third kappa shape index (κ3) is 2.83. The van der Waals surface area contributed by atoms with Crippen LogP contribution in [-0.2, 0) is 6.54 Å². The lowest BCUT2D eigenvalue weighted by Crippen LogP contribution is -2.01. The van der Waals surface area contributed by atoms with E-state index in [-0.39, 0.29) is 22.9 Å². The van der Waals surface area contributed by atoms with Crippen molar-refractivity contribution in [1.82, 2.24) is 0 Å². The summed E-state index contributed by atoms with van der Waals surface area (Å²) in [6, 6.07) is 5.98. The van der Waals surface area contributed by atoms with Gasteiger partial charge in [0.1, 0.15) is 0 Å². The molecule has 0 heterocycles. The summed E-state index contributed by atoms with van der Waals surface area (Å²) in [5.74, 6) is -3.85. The number of nitrogens with two attached hydrogens (primary N) is 1. The molecule has 0 aliphatic carbocycles. The highest BCUT2D eigenvalue weighted by Crippen LogP contribution is 2.32. The monoisotopic (exact) mass is 287 g/mol. The largest absolute Gasteiger partial charge is 0.448 e. The normalized spacial score (nSPS) is 10.6. The Morgan fingerprint density at radius 1 is 1.11 bits per heavy atom. The fourth-order valence-electron chi connectivity index (χ4n) is 1.50. The predicted octanol–water partition coefficient (Wildman–Crippen LogP) is 4.01. The zero-order valence-electron chi connectivity index (χ0n) is 9.59. The zero-order chi connectivity index (χ0) is 14.0. The summed E-state index contributed by atoms with van der Waals surface area (Å²) in [4.78, 5) is 0. The first-order chi connectivity index (χ1) is 9.02. The van der Waals surface area contributed by atoms with Gasteiger partial charge in [-0.05, 0) is 29.8 Å². The second-order valence-electron chi connectivity index (χ2n) is 3.75. The summed E-state index contributed by atoms with van der Waals surface area (Å²) in [5.41, 5.74) is 5.55. The van der Waals surface area contributed by atoms with E-state index >= 15 is 0 Å². The maximum Gasteiger partial charge on any atom is 0.198 e. The molecular formula is C13H9ClF3NO. The molecule has 0 aromatic heterocycles. The van der Waals surface area contributed by atoms with Crippen LogP contribution in [0.15, 0.2) is 30.3 Å². The summed E-state index contributed by atoms with van der Waals surface area (Å²) < 4.78 is 45.8. The molecule has 0 aliphatic heterocycles. The first-order valence-corrected chi connectivity index (χ1v) is 5.70. The van der Waals surface area contributed by atoms with Crippen molar-refractivity contribution in [3.05, 3.63) is 58.4 Å².